The van der Waals surface area contributed by atoms with Crippen LogP contribution in [-0.4, -0.2) is 28.0 Å². The number of amides is 1. The predicted molar refractivity (Wildman–Crippen MR) is 46.8 cm³/mol. The molecule has 0 radical (unpaired) electrons. The Kier molecular flexibility index (Phi) is 4.75. The molecule has 0 saturated heterocycles. The van der Waals surface area contributed by atoms with Gasteiger partial charge >= 0.3 is 6.09 Å². The minimum atomic E-state index is -0.906. The third-order valence-electron chi connectivity index (χ3n) is 0.883. The quantitative estimate of drug-likeness (QED) is 0.517. The van der Waals surface area contributed by atoms with Crippen molar-refractivity contribution in [1.82, 2.24) is 3.71 Å². The first-order valence-corrected chi connectivity index (χ1v) is 3.63. The van der Waals surface area contributed by atoms with Gasteiger partial charge in [0.25, 0.3) is 0 Å². The zero-order valence-electron chi connectivity index (χ0n) is 6.18. The molecule has 12 heavy (non-hydrogen) atoms. The van der Waals surface area contributed by atoms with Crippen molar-refractivity contribution in [1.29, 1.82) is 0 Å². The lowest BCUT2D eigenvalue weighted by Crippen LogP contribution is -2.22. The highest BCUT2D eigenvalue weighted by Crippen LogP contribution is 2.00. The number of carbonyl (C=O) groups excluding carboxylic acids is 3. The van der Waals surface area contributed by atoms with Gasteiger partial charge in [-0.25, -0.2) is 4.79 Å². The van der Waals surface area contributed by atoms with Crippen LogP contribution in [0.3, 0.4) is 0 Å². The fraction of sp³-hybridized carbons (Fsp3) is 0.400. The van der Waals surface area contributed by atoms with Crippen molar-refractivity contribution in [2.45, 2.75) is 6.92 Å². The first-order chi connectivity index (χ1) is 5.45. The van der Waals surface area contributed by atoms with Crippen LogP contribution in [0.2, 0.25) is 0 Å². The van der Waals surface area contributed by atoms with Crippen LogP contribution in [0.1, 0.15) is 6.92 Å². The van der Waals surface area contributed by atoms with E-state index >= 15 is 0 Å². The molecule has 0 fully saturated rings. The first-order valence-electron chi connectivity index (χ1n) is 2.83. The molecule has 0 bridgehead atoms. The number of ketones is 2. The molecule has 0 N–H and O–H groups in total. The highest BCUT2D eigenvalue weighted by molar-refractivity contribution is 7.94. The third kappa shape index (κ3) is 4.24. The van der Waals surface area contributed by atoms with Crippen molar-refractivity contribution >= 4 is 43.3 Å². The summed E-state index contributed by atoms with van der Waals surface area (Å²) in [5.74, 6) is -1.43. The summed E-state index contributed by atoms with van der Waals surface area (Å²) < 4.78 is 4.85. The van der Waals surface area contributed by atoms with Gasteiger partial charge in [-0.2, -0.15) is 3.71 Å². The Morgan fingerprint density at radius 3 is 2.17 bits per heavy atom. The Morgan fingerprint density at radius 1 is 1.33 bits per heavy atom. The van der Waals surface area contributed by atoms with Crippen molar-refractivity contribution in [3.63, 3.8) is 0 Å². The number of thiol groups is 2. The van der Waals surface area contributed by atoms with Crippen LogP contribution in [0.4, 0.5) is 4.79 Å². The molecule has 0 rings (SSSR count). The van der Waals surface area contributed by atoms with Crippen molar-refractivity contribution < 1.29 is 19.1 Å². The summed E-state index contributed by atoms with van der Waals surface area (Å²) in [6, 6.07) is 0. The maximum Gasteiger partial charge on any atom is 0.430 e. The van der Waals surface area contributed by atoms with Crippen LogP contribution < -0.4 is 0 Å². The van der Waals surface area contributed by atoms with Crippen LogP contribution in [0.15, 0.2) is 0 Å². The summed E-state index contributed by atoms with van der Waals surface area (Å²) in [6.07, 6.45) is -0.906. The van der Waals surface area contributed by atoms with Gasteiger partial charge in [0.2, 0.25) is 5.78 Å². The summed E-state index contributed by atoms with van der Waals surface area (Å²) in [5.41, 5.74) is 0. The van der Waals surface area contributed by atoms with Crippen molar-refractivity contribution in [2.75, 3.05) is 6.61 Å². The van der Waals surface area contributed by atoms with Gasteiger partial charge in [-0.3, -0.25) is 9.59 Å². The molecule has 0 aliphatic rings. The average Bonchev–Trinajstić information content (AvgIpc) is 1.98. The topological polar surface area (TPSA) is 63.7 Å². The molecule has 0 atom stereocenters. The molecular formula is C5H7NO4S2. The zero-order chi connectivity index (χ0) is 9.72. The van der Waals surface area contributed by atoms with Gasteiger partial charge in [-0.05, 0) is 25.6 Å². The van der Waals surface area contributed by atoms with E-state index < -0.39 is 24.3 Å². The van der Waals surface area contributed by atoms with Crippen molar-refractivity contribution in [3.05, 3.63) is 0 Å². The molecule has 7 heteroatoms. The normalized spacial score (nSPS) is 8.92. The largest absolute Gasteiger partial charge is 0.440 e. The highest BCUT2D eigenvalue weighted by atomic mass is 32.2. The van der Waals surface area contributed by atoms with Crippen LogP contribution >= 0.6 is 25.6 Å². The predicted octanol–water partition coefficient (Wildman–Crippen LogP) is 0.273. The lowest BCUT2D eigenvalue weighted by atomic mass is 10.3. The van der Waals surface area contributed by atoms with Gasteiger partial charge in [0.05, 0.1) is 0 Å². The number of ether oxygens (including phenoxy) is 1. The van der Waals surface area contributed by atoms with E-state index in [9.17, 15) is 14.4 Å². The fourth-order valence-corrected chi connectivity index (χ4v) is 0.402. The SMILES string of the molecule is CC(=O)C(=O)COC(=O)N(S)S. The molecule has 0 unspecified atom stereocenters. The second-order valence-electron chi connectivity index (χ2n) is 1.82. The van der Waals surface area contributed by atoms with Crippen LogP contribution in [0.25, 0.3) is 0 Å². The van der Waals surface area contributed by atoms with Crippen molar-refractivity contribution in [3.8, 4) is 0 Å². The molecule has 0 aromatic carbocycles. The average molecular weight is 209 g/mol. The fourth-order valence-electron chi connectivity index (χ4n) is 0.287. The van der Waals surface area contributed by atoms with E-state index in [2.05, 4.69) is 30.4 Å². The Hall–Kier alpha value is -0.690. The molecule has 0 heterocycles. The van der Waals surface area contributed by atoms with E-state index in [-0.39, 0.29) is 0 Å². The Labute approximate surface area is 80.1 Å². The number of hydrogen-bond donors (Lipinski definition) is 2. The second kappa shape index (κ2) is 5.04. The van der Waals surface area contributed by atoms with Gasteiger partial charge in [-0.15, -0.1) is 0 Å². The van der Waals surface area contributed by atoms with Gasteiger partial charge in [-0.1, -0.05) is 0 Å². The standard InChI is InChI=1S/C5H7NO4S2/c1-3(7)4(8)2-10-5(9)6(11)12/h11-12H,2H2,1H3. The number of Topliss-reactive ketones (excluding diaryl/α,β-unsaturated/α-hetero) is 2. The second-order valence-corrected chi connectivity index (χ2v) is 2.94. The van der Waals surface area contributed by atoms with E-state index in [0.29, 0.717) is 3.71 Å². The minimum Gasteiger partial charge on any atom is -0.440 e. The van der Waals surface area contributed by atoms with Crippen LogP contribution in [0.5, 0.6) is 0 Å². The van der Waals surface area contributed by atoms with Gasteiger partial charge in [0, 0.05) is 6.92 Å². The summed E-state index contributed by atoms with van der Waals surface area (Å²) in [6.45, 7) is 0.515. The molecular weight excluding hydrogens is 202 g/mol. The number of rotatable bonds is 3. The number of hydrogen-bond acceptors (Lipinski definition) is 6. The summed E-state index contributed by atoms with van der Waals surface area (Å²) >= 11 is 6.95. The molecule has 0 aliphatic heterocycles. The lowest BCUT2D eigenvalue weighted by Gasteiger charge is -2.06. The van der Waals surface area contributed by atoms with E-state index in [0.717, 1.165) is 6.92 Å². The molecule has 0 aromatic heterocycles. The molecule has 0 aliphatic carbocycles. The van der Waals surface area contributed by atoms with Gasteiger partial charge in [0.15, 0.2) is 12.4 Å². The molecule has 1 amide bonds. The molecule has 0 saturated carbocycles. The smallest absolute Gasteiger partial charge is 0.430 e. The summed E-state index contributed by atoms with van der Waals surface area (Å²) in [4.78, 5) is 31.5. The van der Waals surface area contributed by atoms with E-state index in [1.165, 1.54) is 0 Å². The summed E-state index contributed by atoms with van der Waals surface area (Å²) in [5, 5.41) is 0. The Bertz CT molecular complexity index is 215. The monoisotopic (exact) mass is 209 g/mol. The summed E-state index contributed by atoms with van der Waals surface area (Å²) in [7, 11) is 0. The van der Waals surface area contributed by atoms with E-state index in [1.54, 1.807) is 0 Å². The molecule has 68 valence electrons. The van der Waals surface area contributed by atoms with Crippen LogP contribution in [-0.2, 0) is 14.3 Å². The lowest BCUT2D eigenvalue weighted by molar-refractivity contribution is -0.137. The Balaban J connectivity index is 3.77. The van der Waals surface area contributed by atoms with E-state index in [4.69, 9.17) is 0 Å². The van der Waals surface area contributed by atoms with Gasteiger partial charge < -0.3 is 4.74 Å². The Morgan fingerprint density at radius 2 is 1.83 bits per heavy atom. The first kappa shape index (κ1) is 11.3. The van der Waals surface area contributed by atoms with Gasteiger partial charge in [0.1, 0.15) is 0 Å². The third-order valence-corrected chi connectivity index (χ3v) is 1.21. The van der Waals surface area contributed by atoms with Crippen LogP contribution in [0, 0.1) is 0 Å². The molecule has 5 nitrogen and oxygen atoms in total. The number of nitrogens with zero attached hydrogens (tertiary/aromatic N) is 1. The highest BCUT2D eigenvalue weighted by Gasteiger charge is 2.12. The zero-order valence-corrected chi connectivity index (χ0v) is 7.97. The number of carbonyl (C=O) groups is 3. The minimum absolute atomic E-state index is 0.563. The molecule has 0 aromatic rings. The maximum atomic E-state index is 10.6. The van der Waals surface area contributed by atoms with Crippen molar-refractivity contribution in [2.24, 2.45) is 0 Å². The maximum absolute atomic E-state index is 10.6. The van der Waals surface area contributed by atoms with E-state index in [1.807, 2.05) is 0 Å². The molecule has 0 spiro atoms.